The molecule has 1 fully saturated rings. The molecule has 0 unspecified atom stereocenters. The zero-order chi connectivity index (χ0) is 16.4. The Kier molecular flexibility index (Phi) is 4.22. The van der Waals surface area contributed by atoms with Crippen molar-refractivity contribution in [2.75, 3.05) is 18.0 Å². The number of nitrogens with zero attached hydrogens (tertiary/aromatic N) is 5. The van der Waals surface area contributed by atoms with Crippen LogP contribution >= 0.6 is 0 Å². The first-order valence-corrected chi connectivity index (χ1v) is 7.75. The summed E-state index contributed by atoms with van der Waals surface area (Å²) in [6.45, 7) is 5.67. The standard InChI is InChI=1S/C15H20N6O2/c1-9(2)14-19-15(23-20-14)10-3-5-21(6-4-10)12-8-17-7-11(18-12)13(16)22/h7-10H,3-6H2,1-2H3,(H2,16,22). The third-order valence-corrected chi connectivity index (χ3v) is 4.02. The van der Waals surface area contributed by atoms with Gasteiger partial charge in [0.15, 0.2) is 5.82 Å². The van der Waals surface area contributed by atoms with Gasteiger partial charge in [-0.05, 0) is 12.8 Å². The fraction of sp³-hybridized carbons (Fsp3) is 0.533. The number of amides is 1. The fourth-order valence-corrected chi connectivity index (χ4v) is 2.63. The minimum Gasteiger partial charge on any atom is -0.364 e. The van der Waals surface area contributed by atoms with Gasteiger partial charge >= 0.3 is 0 Å². The van der Waals surface area contributed by atoms with Crippen LogP contribution in [0.25, 0.3) is 0 Å². The molecule has 2 aromatic rings. The van der Waals surface area contributed by atoms with Crippen molar-refractivity contribution in [3.05, 3.63) is 29.8 Å². The lowest BCUT2D eigenvalue weighted by Gasteiger charge is -2.31. The Morgan fingerprint density at radius 3 is 2.65 bits per heavy atom. The maximum absolute atomic E-state index is 11.2. The lowest BCUT2D eigenvalue weighted by Crippen LogP contribution is -2.34. The minimum absolute atomic E-state index is 0.183. The van der Waals surface area contributed by atoms with Crippen molar-refractivity contribution in [2.24, 2.45) is 5.73 Å². The molecule has 1 amide bonds. The molecule has 3 heterocycles. The summed E-state index contributed by atoms with van der Waals surface area (Å²) in [5.41, 5.74) is 5.43. The van der Waals surface area contributed by atoms with Crippen LogP contribution in [-0.4, -0.2) is 39.1 Å². The second-order valence-electron chi connectivity index (χ2n) is 6.03. The average molecular weight is 316 g/mol. The van der Waals surface area contributed by atoms with Crippen LogP contribution in [0.2, 0.25) is 0 Å². The van der Waals surface area contributed by atoms with E-state index in [1.54, 1.807) is 6.20 Å². The first-order chi connectivity index (χ1) is 11.0. The Morgan fingerprint density at radius 1 is 1.30 bits per heavy atom. The summed E-state index contributed by atoms with van der Waals surface area (Å²) < 4.78 is 5.39. The monoisotopic (exact) mass is 316 g/mol. The smallest absolute Gasteiger partial charge is 0.268 e. The van der Waals surface area contributed by atoms with Gasteiger partial charge in [-0.1, -0.05) is 19.0 Å². The van der Waals surface area contributed by atoms with Crippen LogP contribution in [0.1, 0.15) is 60.7 Å². The third kappa shape index (κ3) is 3.30. The molecule has 8 heteroatoms. The van der Waals surface area contributed by atoms with Crippen molar-refractivity contribution in [1.29, 1.82) is 0 Å². The number of nitrogens with two attached hydrogens (primary N) is 1. The van der Waals surface area contributed by atoms with E-state index in [0.717, 1.165) is 31.8 Å². The Hall–Kier alpha value is -2.51. The Balaban J connectivity index is 1.66. The van der Waals surface area contributed by atoms with Crippen LogP contribution in [0.15, 0.2) is 16.9 Å². The molecule has 0 aliphatic carbocycles. The number of carbonyl (C=O) groups is 1. The Morgan fingerprint density at radius 2 is 2.04 bits per heavy atom. The summed E-state index contributed by atoms with van der Waals surface area (Å²) >= 11 is 0. The van der Waals surface area contributed by atoms with Gasteiger partial charge in [0.25, 0.3) is 5.91 Å². The highest BCUT2D eigenvalue weighted by molar-refractivity contribution is 5.90. The van der Waals surface area contributed by atoms with E-state index in [1.807, 2.05) is 13.8 Å². The van der Waals surface area contributed by atoms with Crippen molar-refractivity contribution in [2.45, 2.75) is 38.5 Å². The normalized spacial score (nSPS) is 16.0. The number of carbonyl (C=O) groups excluding carboxylic acids is 1. The number of hydrogen-bond acceptors (Lipinski definition) is 7. The highest BCUT2D eigenvalue weighted by Gasteiger charge is 2.26. The molecule has 122 valence electrons. The molecule has 0 saturated carbocycles. The maximum atomic E-state index is 11.2. The van der Waals surface area contributed by atoms with Crippen LogP contribution in [0, 0.1) is 0 Å². The summed E-state index contributed by atoms with van der Waals surface area (Å²) in [7, 11) is 0. The highest BCUT2D eigenvalue weighted by atomic mass is 16.5. The quantitative estimate of drug-likeness (QED) is 0.909. The van der Waals surface area contributed by atoms with Crippen molar-refractivity contribution in [3.63, 3.8) is 0 Å². The van der Waals surface area contributed by atoms with Gasteiger partial charge in [0.2, 0.25) is 5.89 Å². The van der Waals surface area contributed by atoms with Gasteiger partial charge in [-0.2, -0.15) is 4.98 Å². The summed E-state index contributed by atoms with van der Waals surface area (Å²) in [6, 6.07) is 0. The summed E-state index contributed by atoms with van der Waals surface area (Å²) in [4.78, 5) is 26.1. The predicted octanol–water partition coefficient (Wildman–Crippen LogP) is 1.47. The summed E-state index contributed by atoms with van der Waals surface area (Å²) in [5.74, 6) is 2.10. The number of hydrogen-bond donors (Lipinski definition) is 1. The van der Waals surface area contributed by atoms with Gasteiger partial charge in [-0.25, -0.2) is 4.98 Å². The van der Waals surface area contributed by atoms with Crippen molar-refractivity contribution in [1.82, 2.24) is 20.1 Å². The van der Waals surface area contributed by atoms with Crippen molar-refractivity contribution < 1.29 is 9.32 Å². The number of primary amides is 1. The van der Waals surface area contributed by atoms with Gasteiger partial charge in [-0.3, -0.25) is 9.78 Å². The lowest BCUT2D eigenvalue weighted by molar-refractivity contribution is 0.0995. The minimum atomic E-state index is -0.568. The average Bonchev–Trinajstić information content (AvgIpc) is 3.05. The topological polar surface area (TPSA) is 111 Å². The van der Waals surface area contributed by atoms with Crippen molar-refractivity contribution in [3.8, 4) is 0 Å². The molecule has 1 aliphatic rings. The molecule has 0 atom stereocenters. The number of aromatic nitrogens is 4. The van der Waals surface area contributed by atoms with E-state index in [1.165, 1.54) is 6.20 Å². The summed E-state index contributed by atoms with van der Waals surface area (Å²) in [5, 5.41) is 4.03. The summed E-state index contributed by atoms with van der Waals surface area (Å²) in [6.07, 6.45) is 4.81. The van der Waals surface area contributed by atoms with Crippen LogP contribution in [0.3, 0.4) is 0 Å². The number of rotatable bonds is 4. The van der Waals surface area contributed by atoms with Crippen LogP contribution in [-0.2, 0) is 0 Å². The largest absolute Gasteiger partial charge is 0.364 e. The molecule has 2 N–H and O–H groups in total. The molecular weight excluding hydrogens is 296 g/mol. The second-order valence-corrected chi connectivity index (χ2v) is 6.03. The van der Waals surface area contributed by atoms with Crippen LogP contribution in [0.4, 0.5) is 5.82 Å². The van der Waals surface area contributed by atoms with E-state index in [0.29, 0.717) is 11.7 Å². The first kappa shape index (κ1) is 15.4. The molecule has 0 bridgehead atoms. The van der Waals surface area contributed by atoms with Gasteiger partial charge < -0.3 is 15.2 Å². The second kappa shape index (κ2) is 6.31. The highest BCUT2D eigenvalue weighted by Crippen LogP contribution is 2.29. The molecule has 0 radical (unpaired) electrons. The first-order valence-electron chi connectivity index (χ1n) is 7.75. The van der Waals surface area contributed by atoms with Gasteiger partial charge in [0.05, 0.1) is 12.4 Å². The van der Waals surface area contributed by atoms with E-state index >= 15 is 0 Å². The molecule has 0 aromatic carbocycles. The molecule has 1 saturated heterocycles. The number of piperidine rings is 1. The third-order valence-electron chi connectivity index (χ3n) is 4.02. The van der Waals surface area contributed by atoms with Gasteiger partial charge in [0, 0.05) is 24.9 Å². The zero-order valence-electron chi connectivity index (χ0n) is 13.3. The Bertz CT molecular complexity index is 691. The predicted molar refractivity (Wildman–Crippen MR) is 83.1 cm³/mol. The molecule has 23 heavy (non-hydrogen) atoms. The molecule has 1 aliphatic heterocycles. The fourth-order valence-electron chi connectivity index (χ4n) is 2.63. The maximum Gasteiger partial charge on any atom is 0.268 e. The Labute approximate surface area is 134 Å². The van der Waals surface area contributed by atoms with Crippen LogP contribution < -0.4 is 10.6 Å². The molecule has 3 rings (SSSR count). The van der Waals surface area contributed by atoms with Crippen molar-refractivity contribution >= 4 is 11.7 Å². The number of anilines is 1. The molecular formula is C15H20N6O2. The van der Waals surface area contributed by atoms with E-state index in [4.69, 9.17) is 10.3 Å². The van der Waals surface area contributed by atoms with Crippen LogP contribution in [0.5, 0.6) is 0 Å². The molecule has 2 aromatic heterocycles. The lowest BCUT2D eigenvalue weighted by atomic mass is 9.97. The van der Waals surface area contributed by atoms with E-state index < -0.39 is 5.91 Å². The van der Waals surface area contributed by atoms with E-state index in [2.05, 4.69) is 25.0 Å². The SMILES string of the molecule is CC(C)c1noc(C2CCN(c3cncc(C(N)=O)n3)CC2)n1. The van der Waals surface area contributed by atoms with Gasteiger partial charge in [-0.15, -0.1) is 0 Å². The van der Waals surface area contributed by atoms with Gasteiger partial charge in [0.1, 0.15) is 11.5 Å². The van der Waals surface area contributed by atoms with E-state index in [-0.39, 0.29) is 17.5 Å². The molecule has 0 spiro atoms. The molecule has 8 nitrogen and oxygen atoms in total. The van der Waals surface area contributed by atoms with E-state index in [9.17, 15) is 4.79 Å². The zero-order valence-corrected chi connectivity index (χ0v) is 13.3.